The highest BCUT2D eigenvalue weighted by molar-refractivity contribution is 5.94. The van der Waals surface area contributed by atoms with Gasteiger partial charge in [0.1, 0.15) is 5.69 Å². The third-order valence-electron chi connectivity index (χ3n) is 4.50. The summed E-state index contributed by atoms with van der Waals surface area (Å²) in [6.07, 6.45) is 1.41. The van der Waals surface area contributed by atoms with Crippen LogP contribution in [0.2, 0.25) is 0 Å². The lowest BCUT2D eigenvalue weighted by Crippen LogP contribution is -2.51. The molecule has 2 aromatic rings. The summed E-state index contributed by atoms with van der Waals surface area (Å²) in [5.41, 5.74) is 0.612. The van der Waals surface area contributed by atoms with E-state index in [0.29, 0.717) is 31.9 Å². The number of anilines is 1. The molecule has 0 unspecified atom stereocenters. The number of para-hydroxylation sites is 2. The molecule has 0 radical (unpaired) electrons. The summed E-state index contributed by atoms with van der Waals surface area (Å²) in [6.45, 7) is 1.81. The van der Waals surface area contributed by atoms with Crippen LogP contribution in [0, 0.1) is 10.1 Å². The molecule has 0 saturated carbocycles. The largest absolute Gasteiger partial charge is 0.459 e. The van der Waals surface area contributed by atoms with E-state index in [1.807, 2.05) is 4.90 Å². The number of likely N-dealkylation sites (N-methyl/N-ethyl adjacent to an activating group) is 1. The van der Waals surface area contributed by atoms with Crippen molar-refractivity contribution < 1.29 is 18.9 Å². The molecule has 9 heteroatoms. The standard InChI is InChI=1S/C18H20N4O5/c1-19(18(24)16-7-4-12-27-16)13-17(23)21-10-8-20(9-11-21)14-5-2-3-6-15(14)22(25)26/h2-7,12H,8-11,13H2,1H3. The van der Waals surface area contributed by atoms with E-state index < -0.39 is 4.92 Å². The molecule has 0 bridgehead atoms. The fourth-order valence-corrected chi connectivity index (χ4v) is 3.05. The molecule has 1 saturated heterocycles. The number of hydrogen-bond acceptors (Lipinski definition) is 6. The van der Waals surface area contributed by atoms with Gasteiger partial charge in [0, 0.05) is 39.3 Å². The third-order valence-corrected chi connectivity index (χ3v) is 4.50. The third kappa shape index (κ3) is 4.08. The van der Waals surface area contributed by atoms with Crippen LogP contribution < -0.4 is 4.90 Å². The van der Waals surface area contributed by atoms with Crippen molar-refractivity contribution in [3.05, 3.63) is 58.5 Å². The first-order valence-corrected chi connectivity index (χ1v) is 8.52. The van der Waals surface area contributed by atoms with Crippen LogP contribution in [-0.2, 0) is 4.79 Å². The van der Waals surface area contributed by atoms with Crippen molar-refractivity contribution in [1.29, 1.82) is 0 Å². The van der Waals surface area contributed by atoms with Crippen molar-refractivity contribution in [1.82, 2.24) is 9.80 Å². The van der Waals surface area contributed by atoms with E-state index in [9.17, 15) is 19.7 Å². The van der Waals surface area contributed by atoms with Crippen molar-refractivity contribution in [2.45, 2.75) is 0 Å². The minimum atomic E-state index is -0.401. The number of amides is 2. The second kappa shape index (κ2) is 7.90. The van der Waals surface area contributed by atoms with E-state index in [2.05, 4.69) is 0 Å². The zero-order chi connectivity index (χ0) is 19.4. The normalized spacial score (nSPS) is 14.1. The Bertz CT molecular complexity index is 828. The maximum atomic E-state index is 12.5. The molecule has 2 amide bonds. The van der Waals surface area contributed by atoms with Gasteiger partial charge in [0.15, 0.2) is 5.76 Å². The maximum Gasteiger partial charge on any atom is 0.292 e. The molecule has 0 atom stereocenters. The number of nitro groups is 1. The number of nitro benzene ring substituents is 1. The van der Waals surface area contributed by atoms with Crippen molar-refractivity contribution in [2.24, 2.45) is 0 Å². The average molecular weight is 372 g/mol. The predicted octanol–water partition coefficient (Wildman–Crippen LogP) is 1.61. The number of hydrogen-bond donors (Lipinski definition) is 0. The Labute approximate surface area is 155 Å². The van der Waals surface area contributed by atoms with Crippen LogP contribution in [0.5, 0.6) is 0 Å². The smallest absolute Gasteiger partial charge is 0.292 e. The van der Waals surface area contributed by atoms with Crippen LogP contribution in [0.15, 0.2) is 47.1 Å². The first kappa shape index (κ1) is 18.4. The molecular weight excluding hydrogens is 352 g/mol. The van der Waals surface area contributed by atoms with E-state index in [1.54, 1.807) is 42.3 Å². The topological polar surface area (TPSA) is 100 Å². The number of furan rings is 1. The minimum absolute atomic E-state index is 0.0506. The lowest BCUT2D eigenvalue weighted by molar-refractivity contribution is -0.384. The van der Waals surface area contributed by atoms with Crippen molar-refractivity contribution in [3.8, 4) is 0 Å². The fraction of sp³-hybridized carbons (Fsp3) is 0.333. The Kier molecular flexibility index (Phi) is 5.39. The molecule has 142 valence electrons. The SMILES string of the molecule is CN(CC(=O)N1CCN(c2ccccc2[N+](=O)[O-])CC1)C(=O)c1ccco1. The summed E-state index contributed by atoms with van der Waals surface area (Å²) in [5.74, 6) is -0.335. The quantitative estimate of drug-likeness (QED) is 0.584. The van der Waals surface area contributed by atoms with Gasteiger partial charge in [-0.15, -0.1) is 0 Å². The lowest BCUT2D eigenvalue weighted by atomic mass is 10.2. The summed E-state index contributed by atoms with van der Waals surface area (Å²) >= 11 is 0. The molecule has 1 aliphatic heterocycles. The van der Waals surface area contributed by atoms with Crippen LogP contribution in [0.25, 0.3) is 0 Å². The van der Waals surface area contributed by atoms with Crippen LogP contribution >= 0.6 is 0 Å². The first-order valence-electron chi connectivity index (χ1n) is 8.52. The summed E-state index contributed by atoms with van der Waals surface area (Å²) in [7, 11) is 1.55. The number of piperazine rings is 1. The second-order valence-corrected chi connectivity index (χ2v) is 6.25. The van der Waals surface area contributed by atoms with E-state index in [-0.39, 0.29) is 29.8 Å². The van der Waals surface area contributed by atoms with Crippen LogP contribution in [0.4, 0.5) is 11.4 Å². The van der Waals surface area contributed by atoms with Crippen LogP contribution in [0.1, 0.15) is 10.6 Å². The maximum absolute atomic E-state index is 12.5. The van der Waals surface area contributed by atoms with Crippen LogP contribution in [-0.4, -0.2) is 66.3 Å². The molecule has 2 heterocycles. The Morgan fingerprint density at radius 3 is 2.48 bits per heavy atom. The fourth-order valence-electron chi connectivity index (χ4n) is 3.05. The van der Waals surface area contributed by atoms with Gasteiger partial charge >= 0.3 is 0 Å². The van der Waals surface area contributed by atoms with E-state index >= 15 is 0 Å². The van der Waals surface area contributed by atoms with Gasteiger partial charge in [-0.1, -0.05) is 12.1 Å². The van der Waals surface area contributed by atoms with Gasteiger partial charge in [-0.05, 0) is 18.2 Å². The number of nitrogens with zero attached hydrogens (tertiary/aromatic N) is 4. The molecule has 1 fully saturated rings. The highest BCUT2D eigenvalue weighted by atomic mass is 16.6. The Morgan fingerprint density at radius 1 is 1.15 bits per heavy atom. The van der Waals surface area contributed by atoms with E-state index in [4.69, 9.17) is 4.42 Å². The van der Waals surface area contributed by atoms with E-state index in [0.717, 1.165) is 0 Å². The summed E-state index contributed by atoms with van der Waals surface area (Å²) in [5, 5.41) is 11.2. The molecule has 3 rings (SSSR count). The zero-order valence-corrected chi connectivity index (χ0v) is 14.9. The number of carbonyl (C=O) groups excluding carboxylic acids is 2. The Morgan fingerprint density at radius 2 is 1.85 bits per heavy atom. The van der Waals surface area contributed by atoms with Gasteiger partial charge in [0.25, 0.3) is 11.6 Å². The minimum Gasteiger partial charge on any atom is -0.459 e. The van der Waals surface area contributed by atoms with Crippen molar-refractivity contribution in [3.63, 3.8) is 0 Å². The Balaban J connectivity index is 1.57. The highest BCUT2D eigenvalue weighted by Crippen LogP contribution is 2.28. The van der Waals surface area contributed by atoms with Gasteiger partial charge in [0.05, 0.1) is 17.7 Å². The molecule has 1 aliphatic rings. The van der Waals surface area contributed by atoms with Gasteiger partial charge < -0.3 is 19.1 Å². The first-order chi connectivity index (χ1) is 13.0. The second-order valence-electron chi connectivity index (χ2n) is 6.25. The average Bonchev–Trinajstić information content (AvgIpc) is 3.22. The van der Waals surface area contributed by atoms with Gasteiger partial charge in [-0.25, -0.2) is 0 Å². The van der Waals surface area contributed by atoms with Crippen molar-refractivity contribution >= 4 is 23.2 Å². The molecular formula is C18H20N4O5. The number of carbonyl (C=O) groups is 2. The number of benzene rings is 1. The molecule has 1 aromatic heterocycles. The molecule has 0 aliphatic carbocycles. The monoisotopic (exact) mass is 372 g/mol. The van der Waals surface area contributed by atoms with Gasteiger partial charge in [-0.2, -0.15) is 0 Å². The van der Waals surface area contributed by atoms with Crippen LogP contribution in [0.3, 0.4) is 0 Å². The Hall–Kier alpha value is -3.36. The molecule has 0 spiro atoms. The lowest BCUT2D eigenvalue weighted by Gasteiger charge is -2.36. The van der Waals surface area contributed by atoms with Crippen molar-refractivity contribution in [2.75, 3.05) is 44.7 Å². The van der Waals surface area contributed by atoms with Gasteiger partial charge in [0.2, 0.25) is 5.91 Å². The number of rotatable bonds is 5. The molecule has 1 aromatic carbocycles. The molecule has 27 heavy (non-hydrogen) atoms. The summed E-state index contributed by atoms with van der Waals surface area (Å²) in [6, 6.07) is 9.75. The predicted molar refractivity (Wildman–Crippen MR) is 97.6 cm³/mol. The highest BCUT2D eigenvalue weighted by Gasteiger charge is 2.27. The zero-order valence-electron chi connectivity index (χ0n) is 14.9. The molecule has 0 N–H and O–H groups in total. The van der Waals surface area contributed by atoms with E-state index in [1.165, 1.54) is 17.2 Å². The summed E-state index contributed by atoms with van der Waals surface area (Å²) in [4.78, 5) is 40.3. The summed E-state index contributed by atoms with van der Waals surface area (Å²) < 4.78 is 5.06. The molecule has 9 nitrogen and oxygen atoms in total. The van der Waals surface area contributed by atoms with Gasteiger partial charge in [-0.3, -0.25) is 19.7 Å².